The molecule has 0 bridgehead atoms. The minimum absolute atomic E-state index is 0.0898. The predicted molar refractivity (Wildman–Crippen MR) is 153 cm³/mol. The zero-order valence-electron chi connectivity index (χ0n) is 20.9. The summed E-state index contributed by atoms with van der Waals surface area (Å²) in [5.41, 5.74) is 0.690. The summed E-state index contributed by atoms with van der Waals surface area (Å²) in [4.78, 5) is 42.1. The summed E-state index contributed by atoms with van der Waals surface area (Å²) in [5.74, 6) is -0.752. The fraction of sp³-hybridized carbons (Fsp3) is 0.0741. The normalized spacial score (nSPS) is 11.6. The zero-order chi connectivity index (χ0) is 28.6. The van der Waals surface area contributed by atoms with Gasteiger partial charge in [0, 0.05) is 6.07 Å². The summed E-state index contributed by atoms with van der Waals surface area (Å²) in [7, 11) is -3.95. The van der Waals surface area contributed by atoms with E-state index >= 15 is 0 Å². The lowest BCUT2D eigenvalue weighted by Gasteiger charge is -2.14. The molecule has 3 N–H and O–H groups in total. The number of primary sulfonamides is 1. The highest BCUT2D eigenvalue weighted by Crippen LogP contribution is 2.29. The molecule has 0 unspecified atom stereocenters. The van der Waals surface area contributed by atoms with Gasteiger partial charge in [0.1, 0.15) is 5.69 Å². The highest BCUT2D eigenvalue weighted by atomic mass is 32.2. The van der Waals surface area contributed by atoms with Crippen LogP contribution in [0.4, 0.5) is 11.4 Å². The van der Waals surface area contributed by atoms with Gasteiger partial charge in [-0.1, -0.05) is 48.2 Å². The van der Waals surface area contributed by atoms with Crippen LogP contribution in [0, 0.1) is 17.0 Å². The standard InChI is InChI=1S/C27H21N5O6S2/c1-16-5-4-8-23(32(35)36)25(16)30-24(33)15-39-27-29-22-14-18-7-3-2-6-17(18)13-21(22)26(34)31(27)19-9-11-20(12-10-19)40(28,37)38/h2-14H,15H2,1H3,(H,30,33)(H2,28,37,38). The van der Waals surface area contributed by atoms with Crippen molar-refractivity contribution in [2.24, 2.45) is 5.14 Å². The van der Waals surface area contributed by atoms with Gasteiger partial charge in [-0.3, -0.25) is 24.3 Å². The number of hydrogen-bond acceptors (Lipinski definition) is 8. The number of sulfonamides is 1. The molecule has 1 amide bonds. The van der Waals surface area contributed by atoms with Crippen molar-refractivity contribution in [1.82, 2.24) is 9.55 Å². The number of amides is 1. The van der Waals surface area contributed by atoms with E-state index in [1.54, 1.807) is 25.1 Å². The van der Waals surface area contributed by atoms with E-state index in [0.29, 0.717) is 22.2 Å². The Morgan fingerprint density at radius 1 is 1.05 bits per heavy atom. The Hall–Kier alpha value is -4.59. The summed E-state index contributed by atoms with van der Waals surface area (Å²) in [6, 6.07) is 20.9. The molecular weight excluding hydrogens is 554 g/mol. The molecule has 0 spiro atoms. The maximum absolute atomic E-state index is 13.8. The molecule has 0 aliphatic rings. The van der Waals surface area contributed by atoms with Crippen LogP contribution in [0.5, 0.6) is 0 Å². The number of nitro groups is 1. The number of para-hydroxylation sites is 1. The molecule has 0 aliphatic carbocycles. The lowest BCUT2D eigenvalue weighted by atomic mass is 10.1. The average Bonchev–Trinajstić information content (AvgIpc) is 2.91. The van der Waals surface area contributed by atoms with Crippen molar-refractivity contribution in [2.75, 3.05) is 11.1 Å². The first-order valence-electron chi connectivity index (χ1n) is 11.8. The van der Waals surface area contributed by atoms with Crippen LogP contribution in [-0.2, 0) is 14.8 Å². The van der Waals surface area contributed by atoms with Crippen molar-refractivity contribution < 1.29 is 18.1 Å². The third-order valence-corrected chi connectivity index (χ3v) is 8.04. The minimum Gasteiger partial charge on any atom is -0.319 e. The summed E-state index contributed by atoms with van der Waals surface area (Å²) < 4.78 is 24.8. The minimum atomic E-state index is -3.95. The number of carbonyl (C=O) groups is 1. The number of rotatable bonds is 7. The molecule has 0 aliphatic heterocycles. The topological polar surface area (TPSA) is 167 Å². The summed E-state index contributed by atoms with van der Waals surface area (Å²) in [5, 5.41) is 21.5. The van der Waals surface area contributed by atoms with Crippen LogP contribution >= 0.6 is 11.8 Å². The number of anilines is 1. The van der Waals surface area contributed by atoms with Gasteiger partial charge < -0.3 is 5.32 Å². The van der Waals surface area contributed by atoms with Gasteiger partial charge in [0.25, 0.3) is 11.2 Å². The SMILES string of the molecule is Cc1cccc([N+](=O)[O-])c1NC(=O)CSc1nc2cc3ccccc3cc2c(=O)n1-c1ccc(S(N)(=O)=O)cc1. The molecule has 5 rings (SSSR count). The first-order chi connectivity index (χ1) is 19.0. The number of nitrogens with zero attached hydrogens (tertiary/aromatic N) is 3. The largest absolute Gasteiger partial charge is 0.319 e. The van der Waals surface area contributed by atoms with Gasteiger partial charge in [0.15, 0.2) is 5.16 Å². The number of carbonyl (C=O) groups excluding carboxylic acids is 1. The molecule has 0 saturated heterocycles. The molecule has 0 fully saturated rings. The summed E-state index contributed by atoms with van der Waals surface area (Å²) >= 11 is 0.961. The Bertz CT molecular complexity index is 1990. The number of fused-ring (bicyclic) bond motifs is 2. The summed E-state index contributed by atoms with van der Waals surface area (Å²) in [6.07, 6.45) is 0. The van der Waals surface area contributed by atoms with Gasteiger partial charge >= 0.3 is 0 Å². The van der Waals surface area contributed by atoms with E-state index in [0.717, 1.165) is 22.5 Å². The molecule has 11 nitrogen and oxygen atoms in total. The fourth-order valence-corrected chi connectivity index (χ4v) is 5.56. The molecule has 5 aromatic rings. The van der Waals surface area contributed by atoms with Crippen molar-refractivity contribution in [1.29, 1.82) is 0 Å². The molecule has 0 saturated carbocycles. The molecule has 0 radical (unpaired) electrons. The number of thioether (sulfide) groups is 1. The van der Waals surface area contributed by atoms with E-state index in [9.17, 15) is 28.1 Å². The average molecular weight is 576 g/mol. The van der Waals surface area contributed by atoms with Crippen molar-refractivity contribution in [3.8, 4) is 5.69 Å². The highest BCUT2D eigenvalue weighted by molar-refractivity contribution is 7.99. The monoisotopic (exact) mass is 575 g/mol. The predicted octanol–water partition coefficient (Wildman–Crippen LogP) is 4.13. The molecule has 1 aromatic heterocycles. The van der Waals surface area contributed by atoms with Crippen molar-refractivity contribution in [3.63, 3.8) is 0 Å². The van der Waals surface area contributed by atoms with Gasteiger partial charge in [-0.25, -0.2) is 18.5 Å². The Balaban J connectivity index is 1.57. The first kappa shape index (κ1) is 27.0. The number of hydrogen-bond donors (Lipinski definition) is 2. The van der Waals surface area contributed by atoms with Gasteiger partial charge in [-0.05, 0) is 59.7 Å². The number of nitrogens with one attached hydrogen (secondary N) is 1. The first-order valence-corrected chi connectivity index (χ1v) is 14.3. The Morgan fingerprint density at radius 2 is 1.73 bits per heavy atom. The van der Waals surface area contributed by atoms with Crippen molar-refractivity contribution in [3.05, 3.63) is 105 Å². The third-order valence-electron chi connectivity index (χ3n) is 6.17. The molecular formula is C27H21N5O6S2. The molecule has 0 atom stereocenters. The Morgan fingerprint density at radius 3 is 2.38 bits per heavy atom. The summed E-state index contributed by atoms with van der Waals surface area (Å²) in [6.45, 7) is 1.65. The van der Waals surface area contributed by atoms with Crippen LogP contribution in [0.2, 0.25) is 0 Å². The van der Waals surface area contributed by atoms with Crippen LogP contribution in [0.25, 0.3) is 27.4 Å². The number of nitro benzene ring substituents is 1. The van der Waals surface area contributed by atoms with Crippen LogP contribution in [0.3, 0.4) is 0 Å². The van der Waals surface area contributed by atoms with Gasteiger partial charge in [0.05, 0.1) is 32.2 Å². The van der Waals surface area contributed by atoms with E-state index < -0.39 is 26.4 Å². The number of benzene rings is 4. The molecule has 40 heavy (non-hydrogen) atoms. The fourth-order valence-electron chi connectivity index (χ4n) is 4.23. The molecule has 1 heterocycles. The van der Waals surface area contributed by atoms with Crippen LogP contribution in [0.1, 0.15) is 5.56 Å². The van der Waals surface area contributed by atoms with Gasteiger partial charge in [-0.15, -0.1) is 0 Å². The van der Waals surface area contributed by atoms with Crippen molar-refractivity contribution in [2.45, 2.75) is 17.0 Å². The van der Waals surface area contributed by atoms with E-state index in [4.69, 9.17) is 5.14 Å². The molecule has 4 aromatic carbocycles. The second kappa shape index (κ2) is 10.5. The maximum Gasteiger partial charge on any atom is 0.293 e. The number of aromatic nitrogens is 2. The molecule has 202 valence electrons. The number of aryl methyl sites for hydroxylation is 1. The van der Waals surface area contributed by atoms with Crippen LogP contribution in [-0.4, -0.2) is 34.6 Å². The number of nitrogens with two attached hydrogens (primary N) is 1. The third kappa shape index (κ3) is 5.30. The zero-order valence-corrected chi connectivity index (χ0v) is 22.5. The van der Waals surface area contributed by atoms with E-state index in [2.05, 4.69) is 10.3 Å². The van der Waals surface area contributed by atoms with Crippen LogP contribution < -0.4 is 16.0 Å². The van der Waals surface area contributed by atoms with E-state index in [-0.39, 0.29) is 27.2 Å². The molecule has 13 heteroatoms. The smallest absolute Gasteiger partial charge is 0.293 e. The lowest BCUT2D eigenvalue weighted by molar-refractivity contribution is -0.384. The second-order valence-corrected chi connectivity index (χ2v) is 11.4. The van der Waals surface area contributed by atoms with Gasteiger partial charge in [0.2, 0.25) is 15.9 Å². The maximum atomic E-state index is 13.8. The Labute approximate surface area is 231 Å². The Kier molecular flexibility index (Phi) is 7.10. The quantitative estimate of drug-likeness (QED) is 0.0960. The second-order valence-electron chi connectivity index (χ2n) is 8.85. The lowest BCUT2D eigenvalue weighted by Crippen LogP contribution is -2.23. The van der Waals surface area contributed by atoms with E-state index in [1.807, 2.05) is 24.3 Å². The van der Waals surface area contributed by atoms with Gasteiger partial charge in [-0.2, -0.15) is 0 Å². The van der Waals surface area contributed by atoms with Crippen LogP contribution in [0.15, 0.2) is 93.7 Å². The van der Waals surface area contributed by atoms with E-state index in [1.165, 1.54) is 41.0 Å². The highest BCUT2D eigenvalue weighted by Gasteiger charge is 2.20. The van der Waals surface area contributed by atoms with Crippen molar-refractivity contribution >= 4 is 60.7 Å².